The lowest BCUT2D eigenvalue weighted by Crippen LogP contribution is -2.23. The Morgan fingerprint density at radius 2 is 1.90 bits per heavy atom. The maximum absolute atomic E-state index is 4.81. The summed E-state index contributed by atoms with van der Waals surface area (Å²) >= 11 is 0. The van der Waals surface area contributed by atoms with Crippen LogP contribution in [0.15, 0.2) is 42.7 Å². The number of rotatable bonds is 2. The first-order valence-corrected chi connectivity index (χ1v) is 7.29. The fourth-order valence-electron chi connectivity index (χ4n) is 3.03. The summed E-state index contributed by atoms with van der Waals surface area (Å²) in [5, 5.41) is 4.35. The van der Waals surface area contributed by atoms with Crippen molar-refractivity contribution >= 4 is 16.9 Å². The van der Waals surface area contributed by atoms with Crippen molar-refractivity contribution in [2.75, 3.05) is 18.0 Å². The molecule has 4 rings (SSSR count). The van der Waals surface area contributed by atoms with E-state index in [1.165, 1.54) is 0 Å². The summed E-state index contributed by atoms with van der Waals surface area (Å²) in [5.41, 5.74) is 2.91. The van der Waals surface area contributed by atoms with Crippen molar-refractivity contribution in [1.29, 1.82) is 0 Å². The van der Waals surface area contributed by atoms with Gasteiger partial charge < -0.3 is 4.90 Å². The van der Waals surface area contributed by atoms with E-state index in [1.54, 1.807) is 0 Å². The van der Waals surface area contributed by atoms with E-state index in [4.69, 9.17) is 4.98 Å². The Kier molecular flexibility index (Phi) is 2.84. The summed E-state index contributed by atoms with van der Waals surface area (Å²) in [6, 6.07) is 10.4. The molecule has 5 nitrogen and oxygen atoms in total. The number of nitrogens with zero attached hydrogens (tertiary/aromatic N) is 5. The predicted octanol–water partition coefficient (Wildman–Crippen LogP) is 2.59. The third kappa shape index (κ3) is 2.14. The van der Waals surface area contributed by atoms with Gasteiger partial charge in [-0.15, -0.1) is 0 Å². The summed E-state index contributed by atoms with van der Waals surface area (Å²) in [4.78, 5) is 11.8. The maximum atomic E-state index is 4.81. The van der Waals surface area contributed by atoms with Gasteiger partial charge in [-0.2, -0.15) is 5.10 Å². The van der Waals surface area contributed by atoms with Crippen LogP contribution in [0.5, 0.6) is 0 Å². The molecule has 0 aliphatic carbocycles. The molecule has 0 N–H and O–H groups in total. The number of anilines is 1. The molecule has 1 aliphatic heterocycles. The van der Waals surface area contributed by atoms with Gasteiger partial charge in [-0.25, -0.2) is 9.97 Å². The normalized spacial score (nSPS) is 18.5. The Morgan fingerprint density at radius 3 is 2.67 bits per heavy atom. The lowest BCUT2D eigenvalue weighted by Gasteiger charge is -2.19. The zero-order chi connectivity index (χ0) is 14.2. The van der Waals surface area contributed by atoms with Crippen LogP contribution >= 0.6 is 0 Å². The first-order chi connectivity index (χ1) is 10.3. The number of fused-ring (bicyclic) bond motifs is 1. The number of hydrogen-bond donors (Lipinski definition) is 0. The zero-order valence-corrected chi connectivity index (χ0v) is 12.0. The second kappa shape index (κ2) is 4.84. The average Bonchev–Trinajstić information content (AvgIpc) is 3.17. The van der Waals surface area contributed by atoms with E-state index in [0.717, 1.165) is 42.1 Å². The molecular weight excluding hydrogens is 262 g/mol. The van der Waals surface area contributed by atoms with E-state index in [9.17, 15) is 0 Å². The molecule has 1 unspecified atom stereocenters. The average molecular weight is 279 g/mol. The fourth-order valence-corrected chi connectivity index (χ4v) is 3.03. The minimum atomic E-state index is 0.424. The Balaban J connectivity index is 1.66. The molecule has 3 heterocycles. The van der Waals surface area contributed by atoms with E-state index in [-0.39, 0.29) is 0 Å². The lowest BCUT2D eigenvalue weighted by atomic mass is 10.3. The lowest BCUT2D eigenvalue weighted by molar-refractivity contribution is 0.494. The number of para-hydroxylation sites is 2. The van der Waals surface area contributed by atoms with Crippen LogP contribution in [0.4, 0.5) is 5.82 Å². The SMILES string of the molecule is Cc1nc2ccccc2nc1N1CCC(n2cccn2)C1. The Hall–Kier alpha value is -2.43. The van der Waals surface area contributed by atoms with Crippen LogP contribution in [0, 0.1) is 6.92 Å². The number of aromatic nitrogens is 4. The molecule has 0 radical (unpaired) electrons. The molecule has 106 valence electrons. The van der Waals surface area contributed by atoms with Crippen LogP contribution in [-0.2, 0) is 0 Å². The molecule has 0 saturated carbocycles. The van der Waals surface area contributed by atoms with Gasteiger partial charge in [0.1, 0.15) is 0 Å². The minimum absolute atomic E-state index is 0.424. The van der Waals surface area contributed by atoms with Crippen molar-refractivity contribution < 1.29 is 0 Å². The Morgan fingerprint density at radius 1 is 1.10 bits per heavy atom. The van der Waals surface area contributed by atoms with Gasteiger partial charge in [0.25, 0.3) is 0 Å². The molecule has 3 aromatic rings. The largest absolute Gasteiger partial charge is 0.353 e. The van der Waals surface area contributed by atoms with Gasteiger partial charge in [0.15, 0.2) is 5.82 Å². The molecule has 1 fully saturated rings. The molecule has 0 spiro atoms. The minimum Gasteiger partial charge on any atom is -0.353 e. The van der Waals surface area contributed by atoms with E-state index in [1.807, 2.05) is 54.3 Å². The topological polar surface area (TPSA) is 46.8 Å². The van der Waals surface area contributed by atoms with Crippen LogP contribution in [-0.4, -0.2) is 32.8 Å². The molecule has 0 bridgehead atoms. The first-order valence-electron chi connectivity index (χ1n) is 7.29. The summed E-state index contributed by atoms with van der Waals surface area (Å²) in [6.45, 7) is 3.98. The van der Waals surface area contributed by atoms with E-state index in [0.29, 0.717) is 6.04 Å². The number of hydrogen-bond acceptors (Lipinski definition) is 4. The quantitative estimate of drug-likeness (QED) is 0.723. The third-order valence-electron chi connectivity index (χ3n) is 4.08. The van der Waals surface area contributed by atoms with Crippen molar-refractivity contribution in [1.82, 2.24) is 19.7 Å². The smallest absolute Gasteiger partial charge is 0.150 e. The van der Waals surface area contributed by atoms with Gasteiger partial charge in [0, 0.05) is 25.5 Å². The van der Waals surface area contributed by atoms with Crippen molar-refractivity contribution in [3.8, 4) is 0 Å². The molecule has 21 heavy (non-hydrogen) atoms. The van der Waals surface area contributed by atoms with E-state index in [2.05, 4.69) is 15.0 Å². The maximum Gasteiger partial charge on any atom is 0.150 e. The number of aryl methyl sites for hydroxylation is 1. The second-order valence-electron chi connectivity index (χ2n) is 5.50. The summed E-state index contributed by atoms with van der Waals surface area (Å²) in [5.74, 6) is 1.00. The predicted molar refractivity (Wildman–Crippen MR) is 82.4 cm³/mol. The monoisotopic (exact) mass is 279 g/mol. The highest BCUT2D eigenvalue weighted by atomic mass is 15.3. The summed E-state index contributed by atoms with van der Waals surface area (Å²) in [7, 11) is 0. The highest BCUT2D eigenvalue weighted by Crippen LogP contribution is 2.28. The molecule has 1 saturated heterocycles. The fraction of sp³-hybridized carbons (Fsp3) is 0.312. The Bertz CT molecular complexity index is 765. The standard InChI is InChI=1S/C16H17N5/c1-12-16(19-15-6-3-2-5-14(15)18-12)20-10-7-13(11-20)21-9-4-8-17-21/h2-6,8-9,13H,7,10-11H2,1H3. The molecular formula is C16H17N5. The molecule has 2 aromatic heterocycles. The zero-order valence-electron chi connectivity index (χ0n) is 12.0. The summed E-state index contributed by atoms with van der Waals surface area (Å²) in [6.07, 6.45) is 4.96. The highest BCUT2D eigenvalue weighted by Gasteiger charge is 2.26. The van der Waals surface area contributed by atoms with Gasteiger partial charge in [-0.05, 0) is 31.5 Å². The highest BCUT2D eigenvalue weighted by molar-refractivity contribution is 5.76. The van der Waals surface area contributed by atoms with E-state index < -0.39 is 0 Å². The van der Waals surface area contributed by atoms with E-state index >= 15 is 0 Å². The van der Waals surface area contributed by atoms with Crippen molar-refractivity contribution in [2.24, 2.45) is 0 Å². The van der Waals surface area contributed by atoms with Gasteiger partial charge in [-0.3, -0.25) is 4.68 Å². The molecule has 0 amide bonds. The Labute approximate surface area is 123 Å². The van der Waals surface area contributed by atoms with Crippen molar-refractivity contribution in [3.63, 3.8) is 0 Å². The van der Waals surface area contributed by atoms with Gasteiger partial charge >= 0.3 is 0 Å². The summed E-state index contributed by atoms with van der Waals surface area (Å²) < 4.78 is 2.05. The van der Waals surface area contributed by atoms with Crippen LogP contribution in [0.1, 0.15) is 18.2 Å². The van der Waals surface area contributed by atoms with Crippen LogP contribution in [0.3, 0.4) is 0 Å². The second-order valence-corrected chi connectivity index (χ2v) is 5.50. The van der Waals surface area contributed by atoms with Gasteiger partial charge in [0.2, 0.25) is 0 Å². The van der Waals surface area contributed by atoms with Gasteiger partial charge in [-0.1, -0.05) is 12.1 Å². The first kappa shape index (κ1) is 12.3. The van der Waals surface area contributed by atoms with Crippen molar-refractivity contribution in [2.45, 2.75) is 19.4 Å². The molecule has 1 aliphatic rings. The van der Waals surface area contributed by atoms with Crippen LogP contribution in [0.25, 0.3) is 11.0 Å². The van der Waals surface area contributed by atoms with Crippen molar-refractivity contribution in [3.05, 3.63) is 48.4 Å². The molecule has 1 aromatic carbocycles. The van der Waals surface area contributed by atoms with Crippen LogP contribution < -0.4 is 4.90 Å². The van der Waals surface area contributed by atoms with Crippen LogP contribution in [0.2, 0.25) is 0 Å². The van der Waals surface area contributed by atoms with Gasteiger partial charge in [0.05, 0.1) is 22.8 Å². The number of benzene rings is 1. The molecule has 5 heteroatoms. The molecule has 1 atom stereocenters. The third-order valence-corrected chi connectivity index (χ3v) is 4.08.